The predicted octanol–water partition coefficient (Wildman–Crippen LogP) is 12.4. The Balaban J connectivity index is 1.20. The minimum absolute atomic E-state index is 0.640. The lowest BCUT2D eigenvalue weighted by Gasteiger charge is -2.25. The molecule has 47 heavy (non-hydrogen) atoms. The Hall–Kier alpha value is -5.69. The van der Waals surface area contributed by atoms with Crippen molar-refractivity contribution in [1.29, 1.82) is 0 Å². The van der Waals surface area contributed by atoms with Crippen molar-refractivity contribution in [3.05, 3.63) is 138 Å². The molecule has 0 radical (unpaired) electrons. The van der Waals surface area contributed by atoms with E-state index in [0.29, 0.717) is 11.3 Å². The van der Waals surface area contributed by atoms with Crippen LogP contribution in [0.15, 0.2) is 130 Å². The first-order valence-electron chi connectivity index (χ1n) is 15.3. The van der Waals surface area contributed by atoms with E-state index in [4.69, 9.17) is 8.83 Å². The zero-order valence-electron chi connectivity index (χ0n) is 25.9. The number of rotatable bonds is 5. The standard InChI is InChI=1S/C40H29F3N2O2/c1-24-4-9-28(10-5-24)45(30-14-18-34-32-16-6-25(2)20-36(32)46-38(34)22-30)31-15-19-35-33-17-13-29(21-37(33)47-39(35)23-31)44(3)27-11-7-26(8-12-27)40(41,42)43/h4-23H,1-3H3. The molecular weight excluding hydrogens is 597 g/mol. The minimum Gasteiger partial charge on any atom is -0.456 e. The molecule has 8 rings (SSSR count). The minimum atomic E-state index is -4.38. The molecule has 7 heteroatoms. The molecule has 0 bridgehead atoms. The van der Waals surface area contributed by atoms with Gasteiger partial charge in [-0.25, -0.2) is 0 Å². The highest BCUT2D eigenvalue weighted by Gasteiger charge is 2.30. The summed E-state index contributed by atoms with van der Waals surface area (Å²) in [6.07, 6.45) is -4.38. The summed E-state index contributed by atoms with van der Waals surface area (Å²) in [5.41, 5.74) is 9.05. The van der Waals surface area contributed by atoms with Crippen LogP contribution < -0.4 is 9.80 Å². The van der Waals surface area contributed by atoms with Gasteiger partial charge in [0.25, 0.3) is 0 Å². The van der Waals surface area contributed by atoms with Gasteiger partial charge >= 0.3 is 6.18 Å². The Morgan fingerprint density at radius 2 is 0.851 bits per heavy atom. The fourth-order valence-corrected chi connectivity index (χ4v) is 6.28. The van der Waals surface area contributed by atoms with Crippen molar-refractivity contribution in [2.75, 3.05) is 16.8 Å². The van der Waals surface area contributed by atoms with E-state index < -0.39 is 11.7 Å². The lowest BCUT2D eigenvalue weighted by Crippen LogP contribution is -2.10. The molecule has 0 aliphatic carbocycles. The van der Waals surface area contributed by atoms with Gasteiger partial charge < -0.3 is 18.6 Å². The molecular formula is C40H29F3N2O2. The van der Waals surface area contributed by atoms with E-state index in [-0.39, 0.29) is 0 Å². The zero-order valence-corrected chi connectivity index (χ0v) is 25.9. The van der Waals surface area contributed by atoms with Crippen LogP contribution in [0, 0.1) is 13.8 Å². The molecule has 0 N–H and O–H groups in total. The molecule has 0 atom stereocenters. The van der Waals surface area contributed by atoms with Crippen LogP contribution in [0.4, 0.5) is 41.6 Å². The lowest BCUT2D eigenvalue weighted by molar-refractivity contribution is -0.137. The summed E-state index contributed by atoms with van der Waals surface area (Å²) < 4.78 is 52.0. The van der Waals surface area contributed by atoms with Gasteiger partial charge in [-0.2, -0.15) is 13.2 Å². The number of alkyl halides is 3. The largest absolute Gasteiger partial charge is 0.456 e. The molecule has 8 aromatic rings. The third-order valence-corrected chi connectivity index (χ3v) is 8.83. The third kappa shape index (κ3) is 5.04. The Bertz CT molecular complexity index is 2440. The molecule has 0 fully saturated rings. The van der Waals surface area contributed by atoms with E-state index >= 15 is 0 Å². The monoisotopic (exact) mass is 626 g/mol. The lowest BCUT2D eigenvalue weighted by atomic mass is 10.1. The van der Waals surface area contributed by atoms with Crippen LogP contribution in [0.1, 0.15) is 16.7 Å². The van der Waals surface area contributed by atoms with E-state index in [1.165, 1.54) is 17.7 Å². The highest BCUT2D eigenvalue weighted by molar-refractivity contribution is 6.08. The number of hydrogen-bond acceptors (Lipinski definition) is 4. The molecule has 4 nitrogen and oxygen atoms in total. The zero-order chi connectivity index (χ0) is 32.4. The summed E-state index contributed by atoms with van der Waals surface area (Å²) in [6, 6.07) is 38.2. The summed E-state index contributed by atoms with van der Waals surface area (Å²) in [5, 5.41) is 4.08. The van der Waals surface area contributed by atoms with Gasteiger partial charge in [0.1, 0.15) is 22.3 Å². The second-order valence-electron chi connectivity index (χ2n) is 12.0. The molecule has 6 aromatic carbocycles. The average Bonchev–Trinajstić information content (AvgIpc) is 3.61. The van der Waals surface area contributed by atoms with Crippen LogP contribution in [0.3, 0.4) is 0 Å². The Labute approximate surface area is 268 Å². The van der Waals surface area contributed by atoms with E-state index in [9.17, 15) is 13.2 Å². The van der Waals surface area contributed by atoms with Crippen LogP contribution in [0.2, 0.25) is 0 Å². The van der Waals surface area contributed by atoms with Crippen LogP contribution in [-0.4, -0.2) is 7.05 Å². The molecule has 0 aliphatic heterocycles. The molecule has 0 unspecified atom stereocenters. The average molecular weight is 627 g/mol. The molecule has 0 aliphatic rings. The van der Waals surface area contributed by atoms with Crippen molar-refractivity contribution in [3.8, 4) is 0 Å². The summed E-state index contributed by atoms with van der Waals surface area (Å²) >= 11 is 0. The number of hydrogen-bond donors (Lipinski definition) is 0. The second kappa shape index (κ2) is 10.7. The maximum absolute atomic E-state index is 13.1. The molecule has 0 spiro atoms. The maximum atomic E-state index is 13.1. The maximum Gasteiger partial charge on any atom is 0.416 e. The number of furan rings is 2. The third-order valence-electron chi connectivity index (χ3n) is 8.83. The van der Waals surface area contributed by atoms with E-state index in [1.54, 1.807) is 0 Å². The smallest absolute Gasteiger partial charge is 0.416 e. The first-order chi connectivity index (χ1) is 22.6. The van der Waals surface area contributed by atoms with Crippen LogP contribution in [0.5, 0.6) is 0 Å². The summed E-state index contributed by atoms with van der Waals surface area (Å²) in [6.45, 7) is 4.13. The van der Waals surface area contributed by atoms with E-state index in [1.807, 2.05) is 36.2 Å². The Kier molecular flexibility index (Phi) is 6.55. The van der Waals surface area contributed by atoms with Gasteiger partial charge in [-0.3, -0.25) is 0 Å². The topological polar surface area (TPSA) is 32.8 Å². The van der Waals surface area contributed by atoms with Gasteiger partial charge in [0.2, 0.25) is 0 Å². The Morgan fingerprint density at radius 3 is 1.38 bits per heavy atom. The summed E-state index contributed by atoms with van der Waals surface area (Å²) in [4.78, 5) is 4.03. The highest BCUT2D eigenvalue weighted by atomic mass is 19.4. The van der Waals surface area contributed by atoms with Crippen molar-refractivity contribution in [2.24, 2.45) is 0 Å². The highest BCUT2D eigenvalue weighted by Crippen LogP contribution is 2.41. The molecule has 232 valence electrons. The number of aryl methyl sites for hydroxylation is 2. The fraction of sp³-hybridized carbons (Fsp3) is 0.100. The van der Waals surface area contributed by atoms with Gasteiger partial charge in [0, 0.05) is 75.2 Å². The van der Waals surface area contributed by atoms with Crippen molar-refractivity contribution >= 4 is 72.3 Å². The summed E-state index contributed by atoms with van der Waals surface area (Å²) in [5.74, 6) is 0. The predicted molar refractivity (Wildman–Crippen MR) is 185 cm³/mol. The van der Waals surface area contributed by atoms with Crippen LogP contribution in [-0.2, 0) is 6.18 Å². The van der Waals surface area contributed by atoms with Crippen molar-refractivity contribution < 1.29 is 22.0 Å². The molecule has 0 amide bonds. The molecule has 0 saturated heterocycles. The van der Waals surface area contributed by atoms with Crippen LogP contribution in [0.25, 0.3) is 43.9 Å². The van der Waals surface area contributed by atoms with Crippen LogP contribution >= 0.6 is 0 Å². The number of fused-ring (bicyclic) bond motifs is 6. The molecule has 2 heterocycles. The fourth-order valence-electron chi connectivity index (χ4n) is 6.28. The van der Waals surface area contributed by atoms with Gasteiger partial charge in [0.15, 0.2) is 0 Å². The number of halogens is 3. The SMILES string of the molecule is Cc1ccc(N(c2ccc3c(c2)oc2cc(C)ccc23)c2ccc3c(c2)oc2cc(N(C)c4ccc(C(F)(F)F)cc4)ccc23)cc1. The van der Waals surface area contributed by atoms with Gasteiger partial charge in [-0.15, -0.1) is 0 Å². The van der Waals surface area contributed by atoms with Crippen molar-refractivity contribution in [3.63, 3.8) is 0 Å². The number of benzene rings is 6. The number of nitrogens with zero attached hydrogens (tertiary/aromatic N) is 2. The van der Waals surface area contributed by atoms with Crippen molar-refractivity contribution in [1.82, 2.24) is 0 Å². The quantitative estimate of drug-likeness (QED) is 0.190. The molecule has 0 saturated carbocycles. The van der Waals surface area contributed by atoms with Gasteiger partial charge in [0.05, 0.1) is 5.56 Å². The van der Waals surface area contributed by atoms with Crippen molar-refractivity contribution in [2.45, 2.75) is 20.0 Å². The molecule has 2 aromatic heterocycles. The summed E-state index contributed by atoms with van der Waals surface area (Å²) in [7, 11) is 1.82. The first kappa shape index (κ1) is 28.8. The van der Waals surface area contributed by atoms with Gasteiger partial charge in [-0.05, 0) is 98.3 Å². The number of anilines is 5. The Morgan fingerprint density at radius 1 is 0.447 bits per heavy atom. The normalized spacial score (nSPS) is 12.0. The van der Waals surface area contributed by atoms with E-state index in [2.05, 4.69) is 91.5 Å². The van der Waals surface area contributed by atoms with Gasteiger partial charge in [-0.1, -0.05) is 29.8 Å². The first-order valence-corrected chi connectivity index (χ1v) is 15.3. The van der Waals surface area contributed by atoms with E-state index in [0.717, 1.165) is 78.7 Å². The second-order valence-corrected chi connectivity index (χ2v) is 12.0.